The molecule has 0 radical (unpaired) electrons. The third-order valence-electron chi connectivity index (χ3n) is 4.15. The number of likely N-dealkylation sites (tertiary alicyclic amines) is 1. The second-order valence-corrected chi connectivity index (χ2v) is 7.10. The van der Waals surface area contributed by atoms with Crippen molar-refractivity contribution in [1.29, 1.82) is 0 Å². The molecule has 0 saturated carbocycles. The molecule has 128 valence electrons. The van der Waals surface area contributed by atoms with Crippen LogP contribution in [0.4, 0.5) is 5.69 Å². The highest BCUT2D eigenvalue weighted by Crippen LogP contribution is 2.27. The molecule has 1 aliphatic rings. The molecule has 1 aromatic carbocycles. The van der Waals surface area contributed by atoms with E-state index in [4.69, 9.17) is 34.8 Å². The van der Waals surface area contributed by atoms with Crippen LogP contribution in [0.1, 0.15) is 12.8 Å². The fraction of sp³-hybridized carbons (Fsp3) is 0.375. The van der Waals surface area contributed by atoms with E-state index in [2.05, 4.69) is 22.4 Å². The number of piperidine rings is 1. The van der Waals surface area contributed by atoms with Crippen molar-refractivity contribution in [3.05, 3.63) is 49.8 Å². The standard InChI is InChI=1S/C16H17Cl3N4O/c1-22-6-4-10(5-7-22)21-14-3-2-11(8-12(14)17)23-16(24)15(19)13(18)9-20-23/h2-3,8-10,21H,4-7H2,1H3. The van der Waals surface area contributed by atoms with Gasteiger partial charge in [-0.3, -0.25) is 4.79 Å². The Balaban J connectivity index is 1.83. The minimum absolute atomic E-state index is 0.0590. The Morgan fingerprint density at radius 1 is 1.17 bits per heavy atom. The van der Waals surface area contributed by atoms with Crippen LogP contribution in [0.5, 0.6) is 0 Å². The van der Waals surface area contributed by atoms with Crippen LogP contribution in [0, 0.1) is 0 Å². The largest absolute Gasteiger partial charge is 0.381 e. The Morgan fingerprint density at radius 2 is 1.88 bits per heavy atom. The molecule has 0 atom stereocenters. The third-order valence-corrected chi connectivity index (χ3v) is 5.21. The van der Waals surface area contributed by atoms with Crippen LogP contribution in [-0.4, -0.2) is 40.9 Å². The van der Waals surface area contributed by atoms with Gasteiger partial charge in [0.1, 0.15) is 5.02 Å². The predicted molar refractivity (Wildman–Crippen MR) is 99.0 cm³/mol. The second-order valence-electron chi connectivity index (χ2n) is 5.91. The molecule has 3 rings (SSSR count). The van der Waals surface area contributed by atoms with E-state index < -0.39 is 5.56 Å². The molecule has 0 amide bonds. The van der Waals surface area contributed by atoms with E-state index in [9.17, 15) is 4.79 Å². The summed E-state index contributed by atoms with van der Waals surface area (Å²) in [6.45, 7) is 2.13. The highest BCUT2D eigenvalue weighted by molar-refractivity contribution is 6.41. The molecule has 0 aliphatic carbocycles. The SMILES string of the molecule is CN1CCC(Nc2ccc(-n3ncc(Cl)c(Cl)c3=O)cc2Cl)CC1. The summed E-state index contributed by atoms with van der Waals surface area (Å²) in [4.78, 5) is 14.5. The lowest BCUT2D eigenvalue weighted by molar-refractivity contribution is 0.264. The number of aromatic nitrogens is 2. The zero-order valence-electron chi connectivity index (χ0n) is 13.1. The molecule has 1 fully saturated rings. The molecule has 0 unspecified atom stereocenters. The lowest BCUT2D eigenvalue weighted by Crippen LogP contribution is -2.36. The molecule has 1 aliphatic heterocycles. The summed E-state index contributed by atoms with van der Waals surface area (Å²) >= 11 is 18.1. The number of hydrogen-bond acceptors (Lipinski definition) is 4. The van der Waals surface area contributed by atoms with Gasteiger partial charge in [0.05, 0.1) is 27.6 Å². The van der Waals surface area contributed by atoms with Crippen molar-refractivity contribution in [1.82, 2.24) is 14.7 Å². The highest BCUT2D eigenvalue weighted by Gasteiger charge is 2.17. The van der Waals surface area contributed by atoms with Crippen molar-refractivity contribution in [3.8, 4) is 5.69 Å². The molecule has 1 N–H and O–H groups in total. The molecule has 8 heteroatoms. The van der Waals surface area contributed by atoms with Crippen LogP contribution < -0.4 is 10.9 Å². The van der Waals surface area contributed by atoms with Gasteiger partial charge in [-0.25, -0.2) is 0 Å². The van der Waals surface area contributed by atoms with Gasteiger partial charge < -0.3 is 10.2 Å². The zero-order valence-corrected chi connectivity index (χ0v) is 15.4. The van der Waals surface area contributed by atoms with Crippen molar-refractivity contribution in [3.63, 3.8) is 0 Å². The van der Waals surface area contributed by atoms with Crippen molar-refractivity contribution in [2.24, 2.45) is 0 Å². The van der Waals surface area contributed by atoms with E-state index in [1.54, 1.807) is 12.1 Å². The van der Waals surface area contributed by atoms with Gasteiger partial charge in [0, 0.05) is 6.04 Å². The number of rotatable bonds is 3. The monoisotopic (exact) mass is 386 g/mol. The van der Waals surface area contributed by atoms with Gasteiger partial charge in [-0.1, -0.05) is 34.8 Å². The molecular weight excluding hydrogens is 371 g/mol. The first-order chi connectivity index (χ1) is 11.5. The van der Waals surface area contributed by atoms with Gasteiger partial charge in [0.2, 0.25) is 0 Å². The van der Waals surface area contributed by atoms with Gasteiger partial charge in [-0.15, -0.1) is 0 Å². The van der Waals surface area contributed by atoms with Crippen LogP contribution in [0.3, 0.4) is 0 Å². The molecule has 0 spiro atoms. The van der Waals surface area contributed by atoms with E-state index in [0.717, 1.165) is 31.6 Å². The normalized spacial score (nSPS) is 16.3. The summed E-state index contributed by atoms with van der Waals surface area (Å²) in [6.07, 6.45) is 3.48. The molecule has 2 heterocycles. The van der Waals surface area contributed by atoms with E-state index in [-0.39, 0.29) is 10.0 Å². The van der Waals surface area contributed by atoms with Crippen molar-refractivity contribution in [2.75, 3.05) is 25.5 Å². The maximum atomic E-state index is 12.2. The number of nitrogens with one attached hydrogen (secondary N) is 1. The summed E-state index contributed by atoms with van der Waals surface area (Å²) in [5.74, 6) is 0. The van der Waals surface area contributed by atoms with Crippen molar-refractivity contribution in [2.45, 2.75) is 18.9 Å². The summed E-state index contributed by atoms with van der Waals surface area (Å²) in [6, 6.07) is 5.72. The van der Waals surface area contributed by atoms with Gasteiger partial charge >= 0.3 is 0 Å². The van der Waals surface area contributed by atoms with Gasteiger partial charge in [-0.2, -0.15) is 9.78 Å². The Morgan fingerprint density at radius 3 is 2.54 bits per heavy atom. The van der Waals surface area contributed by atoms with Crippen LogP contribution in [0.2, 0.25) is 15.1 Å². The third kappa shape index (κ3) is 3.70. The maximum Gasteiger partial charge on any atom is 0.291 e. The first-order valence-electron chi connectivity index (χ1n) is 7.64. The Hall–Kier alpha value is -1.27. The van der Waals surface area contributed by atoms with E-state index in [1.807, 2.05) is 6.07 Å². The quantitative estimate of drug-likeness (QED) is 0.872. The average Bonchev–Trinajstić information content (AvgIpc) is 2.57. The predicted octanol–water partition coefficient (Wildman–Crippen LogP) is 3.70. The molecule has 1 aromatic heterocycles. The Labute approximate surface area is 155 Å². The number of anilines is 1. The molecule has 24 heavy (non-hydrogen) atoms. The fourth-order valence-corrected chi connectivity index (χ4v) is 3.20. The topological polar surface area (TPSA) is 50.2 Å². The molecule has 2 aromatic rings. The lowest BCUT2D eigenvalue weighted by Gasteiger charge is -2.30. The lowest BCUT2D eigenvalue weighted by atomic mass is 10.1. The molecule has 1 saturated heterocycles. The summed E-state index contributed by atoms with van der Waals surface area (Å²) in [7, 11) is 2.12. The summed E-state index contributed by atoms with van der Waals surface area (Å²) in [5.41, 5.74) is 0.914. The van der Waals surface area contributed by atoms with E-state index in [0.29, 0.717) is 16.8 Å². The number of halogens is 3. The molecular formula is C16H17Cl3N4O. The maximum absolute atomic E-state index is 12.2. The van der Waals surface area contributed by atoms with Crippen LogP contribution >= 0.6 is 34.8 Å². The van der Waals surface area contributed by atoms with E-state index in [1.165, 1.54) is 10.9 Å². The Bertz CT molecular complexity index is 800. The van der Waals surface area contributed by atoms with Crippen molar-refractivity contribution < 1.29 is 0 Å². The number of hydrogen-bond donors (Lipinski definition) is 1. The highest BCUT2D eigenvalue weighted by atomic mass is 35.5. The summed E-state index contributed by atoms with van der Waals surface area (Å²) in [5, 5.41) is 8.08. The first kappa shape index (κ1) is 17.5. The van der Waals surface area contributed by atoms with Gasteiger partial charge in [0.25, 0.3) is 5.56 Å². The van der Waals surface area contributed by atoms with Crippen LogP contribution in [-0.2, 0) is 0 Å². The number of nitrogens with zero attached hydrogens (tertiary/aromatic N) is 3. The summed E-state index contributed by atoms with van der Waals surface area (Å²) < 4.78 is 1.18. The van der Waals surface area contributed by atoms with Gasteiger partial charge in [0.15, 0.2) is 0 Å². The second kappa shape index (κ2) is 7.31. The minimum atomic E-state index is -0.476. The first-order valence-corrected chi connectivity index (χ1v) is 8.77. The fourth-order valence-electron chi connectivity index (χ4n) is 2.72. The molecule has 5 nitrogen and oxygen atoms in total. The van der Waals surface area contributed by atoms with Gasteiger partial charge in [-0.05, 0) is 51.2 Å². The van der Waals surface area contributed by atoms with Crippen LogP contribution in [0.15, 0.2) is 29.2 Å². The minimum Gasteiger partial charge on any atom is -0.381 e. The average molecular weight is 388 g/mol. The smallest absolute Gasteiger partial charge is 0.291 e. The van der Waals surface area contributed by atoms with Crippen molar-refractivity contribution >= 4 is 40.5 Å². The number of benzene rings is 1. The van der Waals surface area contributed by atoms with E-state index >= 15 is 0 Å². The Kier molecular flexibility index (Phi) is 5.35. The zero-order chi connectivity index (χ0) is 17.3. The van der Waals surface area contributed by atoms with Crippen LogP contribution in [0.25, 0.3) is 5.69 Å². The molecule has 0 bridgehead atoms.